The van der Waals surface area contributed by atoms with Crippen LogP contribution in [-0.2, 0) is 14.3 Å². The molecule has 1 heterocycles. The molecule has 92 valence electrons. The molecule has 0 amide bonds. The van der Waals surface area contributed by atoms with Crippen molar-refractivity contribution in [3.63, 3.8) is 0 Å². The van der Waals surface area contributed by atoms with Crippen LogP contribution in [0.25, 0.3) is 0 Å². The Morgan fingerprint density at radius 2 is 2.00 bits per heavy atom. The maximum Gasteiger partial charge on any atom is 0.312 e. The molecule has 1 fully saturated rings. The number of carbonyl (C=O) groups excluding carboxylic acids is 2. The normalized spacial score (nSPS) is 28.8. The second kappa shape index (κ2) is 4.17. The Kier molecular flexibility index (Phi) is 3.43. The molecule has 1 saturated heterocycles. The van der Waals surface area contributed by atoms with Crippen molar-refractivity contribution in [1.82, 2.24) is 5.32 Å². The Morgan fingerprint density at radius 3 is 2.44 bits per heavy atom. The van der Waals surface area contributed by atoms with E-state index in [1.807, 2.05) is 34.6 Å². The van der Waals surface area contributed by atoms with E-state index in [0.29, 0.717) is 6.54 Å². The van der Waals surface area contributed by atoms with Crippen molar-refractivity contribution in [2.24, 2.45) is 11.8 Å². The fourth-order valence-corrected chi connectivity index (χ4v) is 2.11. The van der Waals surface area contributed by atoms with Crippen LogP contribution in [0.3, 0.4) is 0 Å². The van der Waals surface area contributed by atoms with Gasteiger partial charge >= 0.3 is 5.97 Å². The molecule has 0 aromatic heterocycles. The highest BCUT2D eigenvalue weighted by Crippen LogP contribution is 2.32. The second-order valence-electron chi connectivity index (χ2n) is 5.91. The summed E-state index contributed by atoms with van der Waals surface area (Å²) in [5, 5.41) is 3.18. The van der Waals surface area contributed by atoms with Gasteiger partial charge in [-0.3, -0.25) is 4.79 Å². The molecule has 2 atom stereocenters. The van der Waals surface area contributed by atoms with E-state index in [0.717, 1.165) is 6.29 Å². The number of esters is 1. The van der Waals surface area contributed by atoms with Crippen LogP contribution in [0.5, 0.6) is 0 Å². The zero-order valence-electron chi connectivity index (χ0n) is 10.7. The molecule has 1 N–H and O–H groups in total. The quantitative estimate of drug-likeness (QED) is 0.568. The molecule has 0 saturated carbocycles. The molecule has 1 aliphatic heterocycles. The van der Waals surface area contributed by atoms with E-state index < -0.39 is 11.5 Å². The third-order valence-corrected chi connectivity index (χ3v) is 2.83. The number of nitrogens with one attached hydrogen (secondary N) is 1. The molecular formula is C12H21NO3. The molecule has 1 rings (SSSR count). The van der Waals surface area contributed by atoms with Crippen molar-refractivity contribution in [2.75, 3.05) is 6.54 Å². The maximum absolute atomic E-state index is 12.0. The van der Waals surface area contributed by atoms with Crippen LogP contribution >= 0.6 is 0 Å². The standard InChI is InChI=1S/C12H21NO3/c1-11(2,3)16-10(15)9-8(7-14)6-13-12(9,4)5/h7-9,13H,6H2,1-5H3/t8-,9?/m0/s1. The molecule has 1 aliphatic rings. The van der Waals surface area contributed by atoms with Crippen LogP contribution in [0, 0.1) is 11.8 Å². The van der Waals surface area contributed by atoms with E-state index in [1.165, 1.54) is 0 Å². The SMILES string of the molecule is CC(C)(C)OC(=O)C1[C@H](C=O)CNC1(C)C. The largest absolute Gasteiger partial charge is 0.460 e. The van der Waals surface area contributed by atoms with Gasteiger partial charge in [0.2, 0.25) is 0 Å². The highest BCUT2D eigenvalue weighted by Gasteiger charge is 2.47. The van der Waals surface area contributed by atoms with Crippen molar-refractivity contribution in [2.45, 2.75) is 45.8 Å². The summed E-state index contributed by atoms with van der Waals surface area (Å²) in [5.74, 6) is -0.978. The Hall–Kier alpha value is -0.900. The second-order valence-corrected chi connectivity index (χ2v) is 5.91. The number of carbonyl (C=O) groups is 2. The van der Waals surface area contributed by atoms with Crippen LogP contribution in [0.2, 0.25) is 0 Å². The van der Waals surface area contributed by atoms with Crippen LogP contribution < -0.4 is 5.32 Å². The Balaban J connectivity index is 2.83. The van der Waals surface area contributed by atoms with Crippen molar-refractivity contribution in [1.29, 1.82) is 0 Å². The maximum atomic E-state index is 12.0. The van der Waals surface area contributed by atoms with E-state index in [2.05, 4.69) is 5.32 Å². The van der Waals surface area contributed by atoms with E-state index in [4.69, 9.17) is 4.74 Å². The van der Waals surface area contributed by atoms with Crippen LogP contribution in [0.4, 0.5) is 0 Å². The monoisotopic (exact) mass is 227 g/mol. The first kappa shape index (κ1) is 13.2. The van der Waals surface area contributed by atoms with Crippen molar-refractivity contribution in [3.05, 3.63) is 0 Å². The van der Waals surface area contributed by atoms with Gasteiger partial charge in [-0.1, -0.05) is 0 Å². The van der Waals surface area contributed by atoms with E-state index >= 15 is 0 Å². The van der Waals surface area contributed by atoms with Gasteiger partial charge in [0.15, 0.2) is 0 Å². The lowest BCUT2D eigenvalue weighted by atomic mass is 9.83. The third-order valence-electron chi connectivity index (χ3n) is 2.83. The molecule has 0 aromatic rings. The summed E-state index contributed by atoms with van der Waals surface area (Å²) in [6.07, 6.45) is 0.844. The number of hydrogen-bond acceptors (Lipinski definition) is 4. The molecule has 0 aromatic carbocycles. The van der Waals surface area contributed by atoms with Crippen LogP contribution in [0.1, 0.15) is 34.6 Å². The molecule has 4 nitrogen and oxygen atoms in total. The average Bonchev–Trinajstić information content (AvgIpc) is 2.37. The first-order chi connectivity index (χ1) is 7.17. The van der Waals surface area contributed by atoms with Gasteiger partial charge in [0.1, 0.15) is 11.9 Å². The van der Waals surface area contributed by atoms with Gasteiger partial charge in [0.25, 0.3) is 0 Å². The smallest absolute Gasteiger partial charge is 0.312 e. The predicted octanol–water partition coefficient (Wildman–Crippen LogP) is 1.14. The summed E-state index contributed by atoms with van der Waals surface area (Å²) in [5.41, 5.74) is -0.892. The van der Waals surface area contributed by atoms with Gasteiger partial charge in [0, 0.05) is 18.0 Å². The molecule has 4 heteroatoms. The van der Waals surface area contributed by atoms with Crippen molar-refractivity contribution in [3.8, 4) is 0 Å². The minimum absolute atomic E-state index is 0.287. The van der Waals surface area contributed by atoms with Gasteiger partial charge < -0.3 is 14.8 Å². The highest BCUT2D eigenvalue weighted by atomic mass is 16.6. The van der Waals surface area contributed by atoms with Gasteiger partial charge in [-0.25, -0.2) is 0 Å². The summed E-state index contributed by atoms with van der Waals surface area (Å²) in [7, 11) is 0. The fourth-order valence-electron chi connectivity index (χ4n) is 2.11. The zero-order chi connectivity index (χ0) is 12.6. The molecule has 0 bridgehead atoms. The average molecular weight is 227 g/mol. The minimum atomic E-state index is -0.511. The first-order valence-electron chi connectivity index (χ1n) is 5.60. The summed E-state index contributed by atoms with van der Waals surface area (Å²) in [6, 6.07) is 0. The number of ether oxygens (including phenoxy) is 1. The number of aldehydes is 1. The number of hydrogen-bond donors (Lipinski definition) is 1. The molecule has 0 aliphatic carbocycles. The summed E-state index contributed by atoms with van der Waals surface area (Å²) in [6.45, 7) is 9.87. The van der Waals surface area contributed by atoms with Gasteiger partial charge in [-0.2, -0.15) is 0 Å². The molecule has 0 radical (unpaired) electrons. The highest BCUT2D eigenvalue weighted by molar-refractivity contribution is 5.79. The van der Waals surface area contributed by atoms with Crippen LogP contribution in [-0.4, -0.2) is 29.9 Å². The zero-order valence-corrected chi connectivity index (χ0v) is 10.7. The summed E-state index contributed by atoms with van der Waals surface area (Å²) < 4.78 is 5.35. The molecular weight excluding hydrogens is 206 g/mol. The third kappa shape index (κ3) is 2.82. The van der Waals surface area contributed by atoms with Crippen molar-refractivity contribution < 1.29 is 14.3 Å². The van der Waals surface area contributed by atoms with E-state index in [1.54, 1.807) is 0 Å². The van der Waals surface area contributed by atoms with Crippen LogP contribution in [0.15, 0.2) is 0 Å². The predicted molar refractivity (Wildman–Crippen MR) is 61.0 cm³/mol. The molecule has 0 spiro atoms. The van der Waals surface area contributed by atoms with E-state index in [-0.39, 0.29) is 17.4 Å². The minimum Gasteiger partial charge on any atom is -0.460 e. The molecule has 16 heavy (non-hydrogen) atoms. The Morgan fingerprint density at radius 1 is 1.44 bits per heavy atom. The lowest BCUT2D eigenvalue weighted by molar-refractivity contribution is -0.163. The van der Waals surface area contributed by atoms with Gasteiger partial charge in [-0.15, -0.1) is 0 Å². The van der Waals surface area contributed by atoms with Gasteiger partial charge in [-0.05, 0) is 34.6 Å². The fraction of sp³-hybridized carbons (Fsp3) is 0.833. The summed E-state index contributed by atoms with van der Waals surface area (Å²) in [4.78, 5) is 23.0. The van der Waals surface area contributed by atoms with E-state index in [9.17, 15) is 9.59 Å². The molecule has 1 unspecified atom stereocenters. The Bertz CT molecular complexity index is 291. The number of rotatable bonds is 2. The Labute approximate surface area is 96.7 Å². The lowest BCUT2D eigenvalue weighted by Crippen LogP contribution is -2.45. The lowest BCUT2D eigenvalue weighted by Gasteiger charge is -2.30. The topological polar surface area (TPSA) is 55.4 Å². The van der Waals surface area contributed by atoms with Crippen molar-refractivity contribution >= 4 is 12.3 Å². The summed E-state index contributed by atoms with van der Waals surface area (Å²) >= 11 is 0. The van der Waals surface area contributed by atoms with Gasteiger partial charge in [0.05, 0.1) is 5.92 Å². The first-order valence-corrected chi connectivity index (χ1v) is 5.60.